The highest BCUT2D eigenvalue weighted by molar-refractivity contribution is 6.08. The molecule has 0 fully saturated rings. The molecular formula is C28H27N3O3. The van der Waals surface area contributed by atoms with Gasteiger partial charge in [-0.3, -0.25) is 9.59 Å². The maximum absolute atomic E-state index is 13.7. The summed E-state index contributed by atoms with van der Waals surface area (Å²) in [4.78, 5) is 28.4. The lowest BCUT2D eigenvalue weighted by atomic mass is 9.98. The number of carbonyl (C=O) groups is 2. The van der Waals surface area contributed by atoms with Gasteiger partial charge in [0.1, 0.15) is 18.0 Å². The van der Waals surface area contributed by atoms with E-state index in [1.165, 1.54) is 0 Å². The van der Waals surface area contributed by atoms with Gasteiger partial charge in [0.05, 0.1) is 13.2 Å². The number of benzene rings is 3. The van der Waals surface area contributed by atoms with Crippen molar-refractivity contribution >= 4 is 28.4 Å². The zero-order chi connectivity index (χ0) is 23.8. The first-order valence-corrected chi connectivity index (χ1v) is 11.4. The molecule has 172 valence electrons. The lowest BCUT2D eigenvalue weighted by Crippen LogP contribution is -2.37. The zero-order valence-electron chi connectivity index (χ0n) is 19.5. The minimum absolute atomic E-state index is 0.0467. The van der Waals surface area contributed by atoms with E-state index in [-0.39, 0.29) is 24.4 Å². The Kier molecular flexibility index (Phi) is 5.57. The summed E-state index contributed by atoms with van der Waals surface area (Å²) in [7, 11) is 3.53. The Hall–Kier alpha value is -4.06. The lowest BCUT2D eigenvalue weighted by molar-refractivity contribution is -0.117. The van der Waals surface area contributed by atoms with E-state index < -0.39 is 0 Å². The predicted molar refractivity (Wildman–Crippen MR) is 133 cm³/mol. The number of para-hydroxylation sites is 1. The Bertz CT molecular complexity index is 1390. The van der Waals surface area contributed by atoms with Crippen LogP contribution in [0.15, 0.2) is 72.8 Å². The Balaban J connectivity index is 1.54. The standard InChI is InChI=1S/C28H27N3O3/c1-4-18-8-7-9-20(16-18)29-24(32)17-31-26(19-12-14-21(34-3)15-13-19)25-22-10-5-6-11-23(22)30(2)27(25)28(31)33/h5-16,26H,4,17H2,1-3H3,(H,29,32). The number of nitrogens with one attached hydrogen (secondary N) is 1. The average molecular weight is 454 g/mol. The van der Waals surface area contributed by atoms with Crippen LogP contribution >= 0.6 is 0 Å². The smallest absolute Gasteiger partial charge is 0.272 e. The van der Waals surface area contributed by atoms with Crippen LogP contribution in [0.1, 0.15) is 40.1 Å². The van der Waals surface area contributed by atoms with Gasteiger partial charge in [0.25, 0.3) is 5.91 Å². The molecule has 0 bridgehead atoms. The molecular weight excluding hydrogens is 426 g/mol. The third kappa shape index (κ3) is 3.61. The van der Waals surface area contributed by atoms with E-state index in [0.717, 1.165) is 45.5 Å². The third-order valence-corrected chi connectivity index (χ3v) is 6.56. The maximum Gasteiger partial charge on any atom is 0.272 e. The van der Waals surface area contributed by atoms with E-state index in [1.807, 2.05) is 84.4 Å². The molecule has 4 aromatic rings. The number of methoxy groups -OCH3 is 1. The van der Waals surface area contributed by atoms with Gasteiger partial charge in [-0.25, -0.2) is 0 Å². The molecule has 0 saturated carbocycles. The van der Waals surface area contributed by atoms with Gasteiger partial charge in [-0.15, -0.1) is 0 Å². The second-order valence-electron chi connectivity index (χ2n) is 8.55. The van der Waals surface area contributed by atoms with Crippen molar-refractivity contribution in [2.24, 2.45) is 7.05 Å². The predicted octanol–water partition coefficient (Wildman–Crippen LogP) is 4.93. The van der Waals surface area contributed by atoms with Gasteiger partial charge >= 0.3 is 0 Å². The molecule has 1 unspecified atom stereocenters. The van der Waals surface area contributed by atoms with Crippen LogP contribution < -0.4 is 10.1 Å². The molecule has 1 atom stereocenters. The van der Waals surface area contributed by atoms with Gasteiger partial charge in [-0.1, -0.05) is 49.4 Å². The Morgan fingerprint density at radius 1 is 1.03 bits per heavy atom. The van der Waals surface area contributed by atoms with Crippen LogP contribution in [-0.4, -0.2) is 34.9 Å². The van der Waals surface area contributed by atoms with Gasteiger partial charge in [-0.05, 0) is 47.9 Å². The van der Waals surface area contributed by atoms with E-state index in [0.29, 0.717) is 5.69 Å². The van der Waals surface area contributed by atoms with Crippen LogP contribution in [0.5, 0.6) is 5.75 Å². The molecule has 6 heteroatoms. The highest BCUT2D eigenvalue weighted by atomic mass is 16.5. The Labute approximate surface area is 198 Å². The highest BCUT2D eigenvalue weighted by Gasteiger charge is 2.42. The topological polar surface area (TPSA) is 63.6 Å². The number of aryl methyl sites for hydroxylation is 2. The maximum atomic E-state index is 13.7. The second-order valence-corrected chi connectivity index (χ2v) is 8.55. The summed E-state index contributed by atoms with van der Waals surface area (Å²) in [6.07, 6.45) is 0.885. The van der Waals surface area contributed by atoms with Crippen molar-refractivity contribution in [1.29, 1.82) is 0 Å². The summed E-state index contributed by atoms with van der Waals surface area (Å²) in [5, 5.41) is 3.99. The number of nitrogens with zero attached hydrogens (tertiary/aromatic N) is 2. The summed E-state index contributed by atoms with van der Waals surface area (Å²) >= 11 is 0. The van der Waals surface area contributed by atoms with Crippen molar-refractivity contribution in [1.82, 2.24) is 9.47 Å². The second kappa shape index (κ2) is 8.71. The van der Waals surface area contributed by atoms with E-state index in [4.69, 9.17) is 4.74 Å². The number of anilines is 1. The molecule has 1 aliphatic rings. The van der Waals surface area contributed by atoms with Crippen LogP contribution in [0.25, 0.3) is 10.9 Å². The molecule has 1 aromatic heterocycles. The summed E-state index contributed by atoms with van der Waals surface area (Å²) in [5.74, 6) is 0.371. The van der Waals surface area contributed by atoms with E-state index in [9.17, 15) is 9.59 Å². The molecule has 3 aromatic carbocycles. The number of aromatic nitrogens is 1. The number of hydrogen-bond donors (Lipinski definition) is 1. The van der Waals surface area contributed by atoms with Crippen LogP contribution in [0.3, 0.4) is 0 Å². The Morgan fingerprint density at radius 2 is 1.79 bits per heavy atom. The molecule has 0 spiro atoms. The van der Waals surface area contributed by atoms with E-state index in [1.54, 1.807) is 12.0 Å². The first kappa shape index (κ1) is 21.8. The molecule has 34 heavy (non-hydrogen) atoms. The van der Waals surface area contributed by atoms with Crippen molar-refractivity contribution < 1.29 is 14.3 Å². The quantitative estimate of drug-likeness (QED) is 0.450. The molecule has 1 N–H and O–H groups in total. The molecule has 0 radical (unpaired) electrons. The van der Waals surface area contributed by atoms with Gasteiger partial charge < -0.3 is 19.5 Å². The normalized spacial score (nSPS) is 15.0. The molecule has 0 saturated heterocycles. The molecule has 5 rings (SSSR count). The number of hydrogen-bond acceptors (Lipinski definition) is 3. The zero-order valence-corrected chi connectivity index (χ0v) is 19.5. The van der Waals surface area contributed by atoms with Gasteiger partial charge in [0, 0.05) is 29.2 Å². The fourth-order valence-corrected chi connectivity index (χ4v) is 4.89. The minimum Gasteiger partial charge on any atom is -0.497 e. The van der Waals surface area contributed by atoms with Crippen LogP contribution in [0.4, 0.5) is 5.69 Å². The van der Waals surface area contributed by atoms with E-state index in [2.05, 4.69) is 12.2 Å². The van der Waals surface area contributed by atoms with Crippen molar-refractivity contribution in [2.75, 3.05) is 19.0 Å². The fraction of sp³-hybridized carbons (Fsp3) is 0.214. The minimum atomic E-state index is -0.368. The summed E-state index contributed by atoms with van der Waals surface area (Å²) in [6, 6.07) is 23.1. The van der Waals surface area contributed by atoms with Gasteiger partial charge in [0.2, 0.25) is 5.91 Å². The monoisotopic (exact) mass is 453 g/mol. The van der Waals surface area contributed by atoms with Crippen molar-refractivity contribution in [2.45, 2.75) is 19.4 Å². The molecule has 2 heterocycles. The van der Waals surface area contributed by atoms with Crippen molar-refractivity contribution in [3.05, 3.63) is 95.2 Å². The highest BCUT2D eigenvalue weighted by Crippen LogP contribution is 2.44. The fourth-order valence-electron chi connectivity index (χ4n) is 4.89. The summed E-state index contributed by atoms with van der Waals surface area (Å²) < 4.78 is 7.26. The van der Waals surface area contributed by atoms with Crippen LogP contribution in [0, 0.1) is 0 Å². The number of rotatable bonds is 6. The molecule has 6 nitrogen and oxygen atoms in total. The molecule has 2 amide bonds. The molecule has 0 aliphatic carbocycles. The first-order chi connectivity index (χ1) is 16.5. The van der Waals surface area contributed by atoms with Crippen molar-refractivity contribution in [3.63, 3.8) is 0 Å². The third-order valence-electron chi connectivity index (χ3n) is 6.56. The number of amides is 2. The summed E-state index contributed by atoms with van der Waals surface area (Å²) in [6.45, 7) is 2.03. The Morgan fingerprint density at radius 3 is 2.53 bits per heavy atom. The van der Waals surface area contributed by atoms with Gasteiger partial charge in [-0.2, -0.15) is 0 Å². The van der Waals surface area contributed by atoms with E-state index >= 15 is 0 Å². The molecule has 1 aliphatic heterocycles. The first-order valence-electron chi connectivity index (χ1n) is 11.4. The summed E-state index contributed by atoms with van der Waals surface area (Å²) in [5.41, 5.74) is 5.38. The van der Waals surface area contributed by atoms with Gasteiger partial charge in [0.15, 0.2) is 0 Å². The van der Waals surface area contributed by atoms with Crippen LogP contribution in [-0.2, 0) is 18.3 Å². The number of fused-ring (bicyclic) bond motifs is 3. The number of ether oxygens (including phenoxy) is 1. The van der Waals surface area contributed by atoms with Crippen molar-refractivity contribution in [3.8, 4) is 5.75 Å². The number of carbonyl (C=O) groups excluding carboxylic acids is 2. The lowest BCUT2D eigenvalue weighted by Gasteiger charge is -2.26. The average Bonchev–Trinajstić information content (AvgIpc) is 3.31. The SMILES string of the molecule is CCc1cccc(NC(=O)CN2C(=O)c3c(c4ccccc4n3C)C2c2ccc(OC)cc2)c1. The van der Waals surface area contributed by atoms with Crippen LogP contribution in [0.2, 0.25) is 0 Å². The largest absolute Gasteiger partial charge is 0.497 e.